The number of carbonyl (C=O) groups excluding carboxylic acids is 1. The Labute approximate surface area is 293 Å². The van der Waals surface area contributed by atoms with E-state index < -0.39 is 9.04 Å². The SMILES string of the molecule is C[SiH](C)OC(CC(CCCC1CCCCC1)C(C)(C)C)c1ccc(C(C)(C)C)c(NC(=O)CC2c3ccccc3Oc3ccccc32)c1. The van der Waals surface area contributed by atoms with Crippen LogP contribution in [-0.4, -0.2) is 14.9 Å². The molecule has 1 aliphatic heterocycles. The van der Waals surface area contributed by atoms with E-state index in [1.165, 1.54) is 56.9 Å². The van der Waals surface area contributed by atoms with Gasteiger partial charge in [-0.2, -0.15) is 0 Å². The summed E-state index contributed by atoms with van der Waals surface area (Å²) in [6, 6.07) is 22.9. The standard InChI is InChI=1S/C43H61NO3Si/c1-42(2,3)32(20-16-19-30-17-10-9-11-18-30)28-40(47-48(7)8)31-25-26-36(43(4,5)6)37(27-31)44-41(45)29-35-33-21-12-14-23-38(33)46-39-24-15-13-22-34(35)39/h12-15,21-27,30,32,35,40,48H,9-11,16-20,28-29H2,1-8H3,(H,44,45). The summed E-state index contributed by atoms with van der Waals surface area (Å²) in [6.45, 7) is 18.4. The molecule has 1 heterocycles. The van der Waals surface area contributed by atoms with E-state index in [-0.39, 0.29) is 28.8 Å². The van der Waals surface area contributed by atoms with Gasteiger partial charge in [-0.1, -0.05) is 135 Å². The zero-order valence-corrected chi connectivity index (χ0v) is 32.2. The van der Waals surface area contributed by atoms with Crippen molar-refractivity contribution in [2.24, 2.45) is 17.3 Å². The van der Waals surface area contributed by atoms with Crippen LogP contribution < -0.4 is 10.1 Å². The van der Waals surface area contributed by atoms with Gasteiger partial charge in [-0.15, -0.1) is 0 Å². The normalized spacial score (nSPS) is 16.9. The number of rotatable bonds is 12. The maximum absolute atomic E-state index is 14.0. The van der Waals surface area contributed by atoms with Gasteiger partial charge < -0.3 is 14.5 Å². The number of hydrogen-bond donors (Lipinski definition) is 1. The van der Waals surface area contributed by atoms with Gasteiger partial charge in [-0.05, 0) is 77.9 Å². The summed E-state index contributed by atoms with van der Waals surface area (Å²) < 4.78 is 13.1. The summed E-state index contributed by atoms with van der Waals surface area (Å²) >= 11 is 0. The number of benzene rings is 3. The summed E-state index contributed by atoms with van der Waals surface area (Å²) in [4.78, 5) is 14.0. The molecule has 1 saturated carbocycles. The molecule has 2 aliphatic rings. The Hall–Kier alpha value is -2.89. The van der Waals surface area contributed by atoms with Crippen molar-refractivity contribution in [3.05, 3.63) is 89.0 Å². The molecule has 1 fully saturated rings. The third kappa shape index (κ3) is 9.41. The molecule has 3 aromatic rings. The van der Waals surface area contributed by atoms with Crippen molar-refractivity contribution in [3.63, 3.8) is 0 Å². The Morgan fingerprint density at radius 3 is 2.10 bits per heavy atom. The summed E-state index contributed by atoms with van der Waals surface area (Å²) in [5.41, 5.74) is 5.42. The second kappa shape index (κ2) is 15.8. The second-order valence-corrected chi connectivity index (χ2v) is 19.3. The number of ether oxygens (including phenoxy) is 1. The Kier molecular flexibility index (Phi) is 12.0. The van der Waals surface area contributed by atoms with Crippen molar-refractivity contribution in [1.82, 2.24) is 0 Å². The van der Waals surface area contributed by atoms with Crippen LogP contribution in [0.5, 0.6) is 11.5 Å². The minimum atomic E-state index is -1.34. The average molecular weight is 668 g/mol. The van der Waals surface area contributed by atoms with E-state index >= 15 is 0 Å². The number of hydrogen-bond acceptors (Lipinski definition) is 3. The van der Waals surface area contributed by atoms with E-state index in [4.69, 9.17) is 9.16 Å². The van der Waals surface area contributed by atoms with E-state index in [2.05, 4.69) is 90.3 Å². The van der Waals surface area contributed by atoms with Gasteiger partial charge in [0, 0.05) is 29.2 Å². The predicted octanol–water partition coefficient (Wildman–Crippen LogP) is 12.1. The van der Waals surface area contributed by atoms with Crippen LogP contribution in [0.4, 0.5) is 5.69 Å². The Morgan fingerprint density at radius 1 is 0.896 bits per heavy atom. The number of para-hydroxylation sites is 2. The molecule has 2 atom stereocenters. The van der Waals surface area contributed by atoms with Crippen LogP contribution in [0.3, 0.4) is 0 Å². The molecule has 4 nitrogen and oxygen atoms in total. The van der Waals surface area contributed by atoms with Crippen molar-refractivity contribution < 1.29 is 14.0 Å². The van der Waals surface area contributed by atoms with Crippen LogP contribution >= 0.6 is 0 Å². The minimum absolute atomic E-state index is 0.0140. The number of anilines is 1. The Morgan fingerprint density at radius 2 is 1.52 bits per heavy atom. The van der Waals surface area contributed by atoms with Crippen LogP contribution in [0.1, 0.15) is 140 Å². The molecule has 5 rings (SSSR count). The highest BCUT2D eigenvalue weighted by atomic mass is 28.3. The molecule has 0 radical (unpaired) electrons. The zero-order valence-electron chi connectivity index (χ0n) is 31.0. The molecule has 1 aliphatic carbocycles. The van der Waals surface area contributed by atoms with Crippen LogP contribution in [0.25, 0.3) is 0 Å². The quantitative estimate of drug-likeness (QED) is 0.196. The van der Waals surface area contributed by atoms with Crippen molar-refractivity contribution in [1.29, 1.82) is 0 Å². The van der Waals surface area contributed by atoms with Crippen LogP contribution in [0.15, 0.2) is 66.7 Å². The Balaban J connectivity index is 1.38. The summed E-state index contributed by atoms with van der Waals surface area (Å²) in [5, 5.41) is 3.40. The van der Waals surface area contributed by atoms with Gasteiger partial charge in [0.25, 0.3) is 0 Å². The van der Waals surface area contributed by atoms with Crippen molar-refractivity contribution in [2.45, 2.75) is 136 Å². The smallest absolute Gasteiger partial charge is 0.225 e. The van der Waals surface area contributed by atoms with Crippen molar-refractivity contribution in [3.8, 4) is 11.5 Å². The fourth-order valence-electron chi connectivity index (χ4n) is 8.03. The largest absolute Gasteiger partial charge is 0.457 e. The number of carbonyl (C=O) groups is 1. The molecule has 1 N–H and O–H groups in total. The van der Waals surface area contributed by atoms with Gasteiger partial charge in [0.15, 0.2) is 9.04 Å². The molecule has 0 bridgehead atoms. The van der Waals surface area contributed by atoms with Gasteiger partial charge in [0.05, 0.1) is 6.10 Å². The number of nitrogens with one attached hydrogen (secondary N) is 1. The molecule has 0 saturated heterocycles. The van der Waals surface area contributed by atoms with E-state index in [1.807, 2.05) is 36.4 Å². The van der Waals surface area contributed by atoms with Crippen LogP contribution in [-0.2, 0) is 14.6 Å². The lowest BCUT2D eigenvalue weighted by molar-refractivity contribution is -0.116. The van der Waals surface area contributed by atoms with Gasteiger partial charge >= 0.3 is 0 Å². The molecule has 2 unspecified atom stereocenters. The highest BCUT2D eigenvalue weighted by molar-refractivity contribution is 6.48. The van der Waals surface area contributed by atoms with E-state index in [9.17, 15) is 4.79 Å². The summed E-state index contributed by atoms with van der Waals surface area (Å²) in [5.74, 6) is 3.09. The zero-order chi connectivity index (χ0) is 34.5. The topological polar surface area (TPSA) is 47.6 Å². The highest BCUT2D eigenvalue weighted by Crippen LogP contribution is 2.46. The third-order valence-corrected chi connectivity index (χ3v) is 11.6. The first-order valence-corrected chi connectivity index (χ1v) is 21.5. The lowest BCUT2D eigenvalue weighted by Gasteiger charge is -2.35. The summed E-state index contributed by atoms with van der Waals surface area (Å²) in [7, 11) is -1.34. The van der Waals surface area contributed by atoms with Gasteiger partial charge in [-0.25, -0.2) is 0 Å². The molecular weight excluding hydrogens is 607 g/mol. The minimum Gasteiger partial charge on any atom is -0.457 e. The molecular formula is C43H61NO3Si. The molecule has 0 aromatic heterocycles. The van der Waals surface area contributed by atoms with Gasteiger partial charge in [-0.3, -0.25) is 4.79 Å². The molecule has 48 heavy (non-hydrogen) atoms. The first-order chi connectivity index (χ1) is 22.8. The molecule has 3 aromatic carbocycles. The first kappa shape index (κ1) is 36.4. The van der Waals surface area contributed by atoms with E-state index in [0.717, 1.165) is 46.2 Å². The number of amides is 1. The lowest BCUT2D eigenvalue weighted by atomic mass is 9.73. The summed E-state index contributed by atoms with van der Waals surface area (Å²) in [6.07, 6.45) is 12.4. The Bertz CT molecular complexity index is 1470. The van der Waals surface area contributed by atoms with Crippen LogP contribution in [0.2, 0.25) is 13.1 Å². The van der Waals surface area contributed by atoms with E-state index in [0.29, 0.717) is 12.3 Å². The maximum atomic E-state index is 14.0. The third-order valence-electron chi connectivity index (χ3n) is 10.7. The van der Waals surface area contributed by atoms with Gasteiger partial charge in [0.1, 0.15) is 11.5 Å². The van der Waals surface area contributed by atoms with Crippen molar-refractivity contribution in [2.75, 3.05) is 5.32 Å². The molecule has 1 amide bonds. The lowest BCUT2D eigenvalue weighted by Crippen LogP contribution is -2.26. The van der Waals surface area contributed by atoms with E-state index in [1.54, 1.807) is 0 Å². The maximum Gasteiger partial charge on any atom is 0.225 e. The van der Waals surface area contributed by atoms with Crippen LogP contribution in [0, 0.1) is 17.3 Å². The fourth-order valence-corrected chi connectivity index (χ4v) is 8.95. The monoisotopic (exact) mass is 667 g/mol. The average Bonchev–Trinajstić information content (AvgIpc) is 3.03. The fraction of sp³-hybridized carbons (Fsp3) is 0.558. The van der Waals surface area contributed by atoms with Crippen molar-refractivity contribution >= 4 is 20.6 Å². The first-order valence-electron chi connectivity index (χ1n) is 18.7. The predicted molar refractivity (Wildman–Crippen MR) is 204 cm³/mol. The molecule has 0 spiro atoms. The molecule has 5 heteroatoms. The number of fused-ring (bicyclic) bond motifs is 2. The second-order valence-electron chi connectivity index (χ2n) is 16.9. The van der Waals surface area contributed by atoms with Gasteiger partial charge in [0.2, 0.25) is 5.91 Å². The highest BCUT2D eigenvalue weighted by Gasteiger charge is 2.32. The molecule has 260 valence electrons.